The molecule has 2 heterocycles. The predicted molar refractivity (Wildman–Crippen MR) is 121 cm³/mol. The van der Waals surface area contributed by atoms with Gasteiger partial charge in [-0.2, -0.15) is 0 Å². The van der Waals surface area contributed by atoms with E-state index in [9.17, 15) is 9.59 Å². The van der Waals surface area contributed by atoms with Crippen molar-refractivity contribution < 1.29 is 14.3 Å². The molecule has 1 N–H and O–H groups in total. The van der Waals surface area contributed by atoms with Crippen molar-refractivity contribution in [2.45, 2.75) is 16.3 Å². The molecule has 0 bridgehead atoms. The van der Waals surface area contributed by atoms with E-state index in [-0.39, 0.29) is 12.5 Å². The Morgan fingerprint density at radius 2 is 1.81 bits per heavy atom. The van der Waals surface area contributed by atoms with Gasteiger partial charge in [-0.05, 0) is 36.4 Å². The SMILES string of the molecule is O=C(COC(=O)c1cccnc1Sc1ccccc1)NCCc1nc2ccccc2s1. The molecule has 6 nitrogen and oxygen atoms in total. The first kappa shape index (κ1) is 21.0. The van der Waals surface area contributed by atoms with Gasteiger partial charge >= 0.3 is 5.97 Å². The maximum absolute atomic E-state index is 12.5. The number of hydrogen-bond donors (Lipinski definition) is 1. The van der Waals surface area contributed by atoms with Gasteiger partial charge in [0.1, 0.15) is 5.03 Å². The number of esters is 1. The highest BCUT2D eigenvalue weighted by molar-refractivity contribution is 7.99. The minimum absolute atomic E-state index is 0.332. The molecule has 0 radical (unpaired) electrons. The van der Waals surface area contributed by atoms with Gasteiger partial charge in [0.05, 0.1) is 20.8 Å². The van der Waals surface area contributed by atoms with Gasteiger partial charge in [0.15, 0.2) is 6.61 Å². The van der Waals surface area contributed by atoms with E-state index in [0.717, 1.165) is 20.1 Å². The second-order valence-corrected chi connectivity index (χ2v) is 8.70. The Morgan fingerprint density at radius 1 is 1.00 bits per heavy atom. The number of nitrogens with zero attached hydrogens (tertiary/aromatic N) is 2. The lowest BCUT2D eigenvalue weighted by atomic mass is 10.3. The zero-order valence-electron chi connectivity index (χ0n) is 16.5. The lowest BCUT2D eigenvalue weighted by Crippen LogP contribution is -2.30. The molecule has 2 aromatic carbocycles. The van der Waals surface area contributed by atoms with Crippen molar-refractivity contribution in [3.8, 4) is 0 Å². The van der Waals surface area contributed by atoms with Crippen LogP contribution in [0.25, 0.3) is 10.2 Å². The predicted octanol–water partition coefficient (Wildman–Crippen LogP) is 4.36. The summed E-state index contributed by atoms with van der Waals surface area (Å²) in [5, 5.41) is 4.26. The number of pyridine rings is 1. The number of thiazole rings is 1. The number of benzene rings is 2. The first-order chi connectivity index (χ1) is 15.2. The molecule has 4 rings (SSSR count). The smallest absolute Gasteiger partial charge is 0.341 e. The standard InChI is InChI=1S/C23H19N3O3S2/c27-20(24-14-12-21-26-18-10-4-5-11-19(18)31-21)15-29-23(28)17-9-6-13-25-22(17)30-16-7-2-1-3-8-16/h1-11,13H,12,14-15H2,(H,24,27). The third-order valence-corrected chi connectivity index (χ3v) is 6.41. The summed E-state index contributed by atoms with van der Waals surface area (Å²) in [6, 6.07) is 20.9. The van der Waals surface area contributed by atoms with Gasteiger partial charge in [-0.15, -0.1) is 11.3 Å². The summed E-state index contributed by atoms with van der Waals surface area (Å²) in [6.07, 6.45) is 2.25. The molecular weight excluding hydrogens is 430 g/mol. The van der Waals surface area contributed by atoms with Crippen LogP contribution in [0.2, 0.25) is 0 Å². The monoisotopic (exact) mass is 449 g/mol. The van der Waals surface area contributed by atoms with Crippen LogP contribution in [0.15, 0.2) is 82.8 Å². The van der Waals surface area contributed by atoms with Gasteiger partial charge in [-0.25, -0.2) is 14.8 Å². The largest absolute Gasteiger partial charge is 0.452 e. The van der Waals surface area contributed by atoms with E-state index < -0.39 is 5.97 Å². The summed E-state index contributed by atoms with van der Waals surface area (Å²) in [7, 11) is 0. The van der Waals surface area contributed by atoms with E-state index in [1.807, 2.05) is 54.6 Å². The quantitative estimate of drug-likeness (QED) is 0.403. The van der Waals surface area contributed by atoms with Gasteiger partial charge in [-0.1, -0.05) is 42.1 Å². The number of ether oxygens (including phenoxy) is 1. The van der Waals surface area contributed by atoms with Crippen LogP contribution in [0.3, 0.4) is 0 Å². The van der Waals surface area contributed by atoms with E-state index in [1.165, 1.54) is 11.8 Å². The Morgan fingerprint density at radius 3 is 2.65 bits per heavy atom. The third kappa shape index (κ3) is 5.68. The molecule has 0 aliphatic carbocycles. The molecule has 0 saturated carbocycles. The van der Waals surface area contributed by atoms with Crippen molar-refractivity contribution in [2.75, 3.05) is 13.2 Å². The van der Waals surface area contributed by atoms with Crippen LogP contribution in [-0.4, -0.2) is 35.0 Å². The van der Waals surface area contributed by atoms with Crippen molar-refractivity contribution in [2.24, 2.45) is 0 Å². The average Bonchev–Trinajstić information content (AvgIpc) is 3.21. The minimum Gasteiger partial charge on any atom is -0.452 e. The maximum Gasteiger partial charge on any atom is 0.341 e. The van der Waals surface area contributed by atoms with Crippen molar-refractivity contribution in [1.82, 2.24) is 15.3 Å². The van der Waals surface area contributed by atoms with E-state index in [1.54, 1.807) is 29.7 Å². The minimum atomic E-state index is -0.576. The summed E-state index contributed by atoms with van der Waals surface area (Å²) in [6.45, 7) is 0.0845. The molecule has 0 saturated heterocycles. The third-order valence-electron chi connectivity index (χ3n) is 4.28. The van der Waals surface area contributed by atoms with E-state index >= 15 is 0 Å². The van der Waals surface area contributed by atoms with E-state index in [0.29, 0.717) is 23.6 Å². The van der Waals surface area contributed by atoms with Crippen molar-refractivity contribution >= 4 is 45.2 Å². The molecule has 0 spiro atoms. The van der Waals surface area contributed by atoms with Gasteiger partial charge < -0.3 is 10.1 Å². The highest BCUT2D eigenvalue weighted by Gasteiger charge is 2.16. The number of fused-ring (bicyclic) bond motifs is 1. The Hall–Kier alpha value is -3.23. The topological polar surface area (TPSA) is 81.2 Å². The molecule has 0 fully saturated rings. The lowest BCUT2D eigenvalue weighted by Gasteiger charge is -2.09. The van der Waals surface area contributed by atoms with Crippen molar-refractivity contribution in [3.05, 3.63) is 83.5 Å². The number of carbonyl (C=O) groups is 2. The van der Waals surface area contributed by atoms with Crippen molar-refractivity contribution in [3.63, 3.8) is 0 Å². The molecule has 2 aromatic heterocycles. The van der Waals surface area contributed by atoms with Crippen LogP contribution in [-0.2, 0) is 16.0 Å². The van der Waals surface area contributed by atoms with Crippen LogP contribution < -0.4 is 5.32 Å². The van der Waals surface area contributed by atoms with E-state index in [4.69, 9.17) is 4.74 Å². The number of amides is 1. The Balaban J connectivity index is 1.27. The normalized spacial score (nSPS) is 10.7. The molecular formula is C23H19N3O3S2. The number of aromatic nitrogens is 2. The summed E-state index contributed by atoms with van der Waals surface area (Å²) < 4.78 is 6.33. The second-order valence-electron chi connectivity index (χ2n) is 6.52. The first-order valence-electron chi connectivity index (χ1n) is 9.65. The zero-order valence-corrected chi connectivity index (χ0v) is 18.1. The number of rotatable bonds is 8. The molecule has 0 aliphatic heterocycles. The summed E-state index contributed by atoms with van der Waals surface area (Å²) in [5.41, 5.74) is 1.29. The number of nitrogens with one attached hydrogen (secondary N) is 1. The maximum atomic E-state index is 12.5. The van der Waals surface area contributed by atoms with Gasteiger partial charge in [0, 0.05) is 24.1 Å². The van der Waals surface area contributed by atoms with Crippen LogP contribution >= 0.6 is 23.1 Å². The Kier molecular flexibility index (Phi) is 6.91. The number of carbonyl (C=O) groups excluding carboxylic acids is 2. The van der Waals surface area contributed by atoms with Gasteiger partial charge in [0.25, 0.3) is 5.91 Å². The molecule has 4 aromatic rings. The van der Waals surface area contributed by atoms with Crippen molar-refractivity contribution in [1.29, 1.82) is 0 Å². The number of hydrogen-bond acceptors (Lipinski definition) is 7. The highest BCUT2D eigenvalue weighted by atomic mass is 32.2. The molecule has 0 atom stereocenters. The molecule has 0 aliphatic rings. The van der Waals surface area contributed by atoms with Gasteiger partial charge in [-0.3, -0.25) is 4.79 Å². The molecule has 1 amide bonds. The first-order valence-corrected chi connectivity index (χ1v) is 11.3. The fourth-order valence-electron chi connectivity index (χ4n) is 2.82. The lowest BCUT2D eigenvalue weighted by molar-refractivity contribution is -0.124. The zero-order chi connectivity index (χ0) is 21.5. The fraction of sp³-hybridized carbons (Fsp3) is 0.130. The van der Waals surface area contributed by atoms with E-state index in [2.05, 4.69) is 15.3 Å². The summed E-state index contributed by atoms with van der Waals surface area (Å²) in [5.74, 6) is -0.927. The average molecular weight is 450 g/mol. The summed E-state index contributed by atoms with van der Waals surface area (Å²) in [4.78, 5) is 34.4. The second kappa shape index (κ2) is 10.2. The molecule has 0 unspecified atom stereocenters. The Bertz CT molecular complexity index is 1160. The molecule has 8 heteroatoms. The number of para-hydroxylation sites is 1. The fourth-order valence-corrected chi connectivity index (χ4v) is 4.68. The van der Waals surface area contributed by atoms with Crippen LogP contribution in [0, 0.1) is 0 Å². The van der Waals surface area contributed by atoms with Gasteiger partial charge in [0.2, 0.25) is 0 Å². The van der Waals surface area contributed by atoms with Crippen LogP contribution in [0.4, 0.5) is 0 Å². The highest BCUT2D eigenvalue weighted by Crippen LogP contribution is 2.28. The van der Waals surface area contributed by atoms with Crippen LogP contribution in [0.5, 0.6) is 0 Å². The summed E-state index contributed by atoms with van der Waals surface area (Å²) >= 11 is 2.98. The molecule has 156 valence electrons. The molecule has 31 heavy (non-hydrogen) atoms. The Labute approximate surface area is 187 Å². The van der Waals surface area contributed by atoms with Crippen LogP contribution in [0.1, 0.15) is 15.4 Å².